The number of nitrogens with zero attached hydrogens (tertiary/aromatic N) is 2. The van der Waals surface area contributed by atoms with E-state index in [1.807, 2.05) is 0 Å². The molecule has 20 heavy (non-hydrogen) atoms. The standard InChI is InChI=1S/C12H22N3O4P/c1-3-18-20(17,19-4-2)10-6-5-7-12(16,8-10)11-13-9-14-15-11/h9-10,16H,3-8H2,1-2H3,(H,13,14,15)/t10-,12-/m1/s1. The van der Waals surface area contributed by atoms with E-state index in [-0.39, 0.29) is 5.66 Å². The molecular formula is C12H22N3O4P. The Bertz CT molecular complexity index is 457. The number of aromatic nitrogens is 3. The molecule has 0 amide bonds. The van der Waals surface area contributed by atoms with Crippen LogP contribution in [0.3, 0.4) is 0 Å². The van der Waals surface area contributed by atoms with E-state index in [0.717, 1.165) is 6.42 Å². The molecule has 1 aromatic heterocycles. The maximum absolute atomic E-state index is 12.8. The van der Waals surface area contributed by atoms with Crippen molar-refractivity contribution >= 4 is 7.60 Å². The smallest absolute Gasteiger partial charge is 0.333 e. The Labute approximate surface area is 118 Å². The first-order valence-electron chi connectivity index (χ1n) is 7.01. The number of aromatic amines is 1. The lowest BCUT2D eigenvalue weighted by Crippen LogP contribution is -2.36. The van der Waals surface area contributed by atoms with Crippen LogP contribution in [0.5, 0.6) is 0 Å². The van der Waals surface area contributed by atoms with Gasteiger partial charge in [-0.25, -0.2) is 4.98 Å². The molecule has 1 aliphatic carbocycles. The van der Waals surface area contributed by atoms with Crippen molar-refractivity contribution in [3.05, 3.63) is 12.2 Å². The molecule has 1 heterocycles. The average Bonchev–Trinajstić information content (AvgIpc) is 2.94. The highest BCUT2D eigenvalue weighted by atomic mass is 31.2. The van der Waals surface area contributed by atoms with Crippen molar-refractivity contribution in [2.45, 2.75) is 50.8 Å². The largest absolute Gasteiger partial charge is 0.382 e. The lowest BCUT2D eigenvalue weighted by Gasteiger charge is -2.37. The topological polar surface area (TPSA) is 97.3 Å². The molecule has 2 rings (SSSR count). The lowest BCUT2D eigenvalue weighted by molar-refractivity contribution is -0.0109. The lowest BCUT2D eigenvalue weighted by atomic mass is 9.84. The third-order valence-electron chi connectivity index (χ3n) is 3.62. The quantitative estimate of drug-likeness (QED) is 0.782. The summed E-state index contributed by atoms with van der Waals surface area (Å²) in [5.41, 5.74) is -1.45. The van der Waals surface area contributed by atoms with Gasteiger partial charge in [-0.1, -0.05) is 0 Å². The van der Waals surface area contributed by atoms with Gasteiger partial charge >= 0.3 is 7.60 Å². The van der Waals surface area contributed by atoms with Crippen LogP contribution in [0.4, 0.5) is 0 Å². The maximum atomic E-state index is 12.8. The van der Waals surface area contributed by atoms with Crippen LogP contribution < -0.4 is 0 Å². The summed E-state index contributed by atoms with van der Waals surface area (Å²) in [4.78, 5) is 4.03. The molecule has 0 bridgehead atoms. The summed E-state index contributed by atoms with van der Waals surface area (Å²) in [7, 11) is -3.20. The summed E-state index contributed by atoms with van der Waals surface area (Å²) < 4.78 is 23.6. The van der Waals surface area contributed by atoms with E-state index in [9.17, 15) is 9.67 Å². The monoisotopic (exact) mass is 303 g/mol. The van der Waals surface area contributed by atoms with Gasteiger partial charge in [0.05, 0.1) is 18.9 Å². The highest BCUT2D eigenvalue weighted by Gasteiger charge is 2.46. The first-order chi connectivity index (χ1) is 9.54. The zero-order chi connectivity index (χ0) is 14.6. The van der Waals surface area contributed by atoms with Gasteiger partial charge in [-0.15, -0.1) is 0 Å². The number of rotatable bonds is 6. The minimum atomic E-state index is -3.20. The number of aliphatic hydroxyl groups is 1. The predicted octanol–water partition coefficient (Wildman–Crippen LogP) is 2.20. The van der Waals surface area contributed by atoms with E-state index >= 15 is 0 Å². The Morgan fingerprint density at radius 1 is 1.50 bits per heavy atom. The molecule has 1 aliphatic rings. The molecule has 1 saturated carbocycles. The summed E-state index contributed by atoms with van der Waals surface area (Å²) in [6, 6.07) is 0. The number of hydrogen-bond acceptors (Lipinski definition) is 6. The van der Waals surface area contributed by atoms with Crippen molar-refractivity contribution in [1.29, 1.82) is 0 Å². The third-order valence-corrected chi connectivity index (χ3v) is 6.19. The fourth-order valence-electron chi connectivity index (χ4n) is 2.75. The molecule has 114 valence electrons. The van der Waals surface area contributed by atoms with Crippen LogP contribution in [-0.2, 0) is 19.2 Å². The van der Waals surface area contributed by atoms with Gasteiger partial charge in [-0.05, 0) is 39.5 Å². The molecule has 0 radical (unpaired) electrons. The molecule has 1 fully saturated rings. The van der Waals surface area contributed by atoms with E-state index in [4.69, 9.17) is 9.05 Å². The van der Waals surface area contributed by atoms with E-state index < -0.39 is 13.2 Å². The van der Waals surface area contributed by atoms with Gasteiger partial charge in [-0.3, -0.25) is 9.66 Å². The first-order valence-corrected chi connectivity index (χ1v) is 8.62. The summed E-state index contributed by atoms with van der Waals surface area (Å²) in [6.45, 7) is 4.23. The van der Waals surface area contributed by atoms with Crippen LogP contribution in [-0.4, -0.2) is 39.2 Å². The molecule has 0 unspecified atom stereocenters. The van der Waals surface area contributed by atoms with E-state index in [1.165, 1.54) is 6.33 Å². The Balaban J connectivity index is 2.19. The van der Waals surface area contributed by atoms with Gasteiger partial charge in [0.15, 0.2) is 5.82 Å². The second-order valence-corrected chi connectivity index (χ2v) is 7.32. The van der Waals surface area contributed by atoms with Crippen LogP contribution in [0.15, 0.2) is 6.33 Å². The summed E-state index contributed by atoms with van der Waals surface area (Å²) in [5, 5.41) is 17.2. The molecule has 1 aromatic rings. The SMILES string of the molecule is CCOP(=O)(OCC)[C@@H]1CCC[C@](O)(c2ncn[nH]2)C1. The Kier molecular flexibility index (Phi) is 4.96. The molecule has 2 N–H and O–H groups in total. The molecule has 7 nitrogen and oxygen atoms in total. The molecule has 8 heteroatoms. The Morgan fingerprint density at radius 3 is 2.75 bits per heavy atom. The summed E-state index contributed by atoms with van der Waals surface area (Å²) in [6.07, 6.45) is 3.69. The van der Waals surface area contributed by atoms with Crippen LogP contribution in [0.1, 0.15) is 45.4 Å². The van der Waals surface area contributed by atoms with E-state index in [0.29, 0.717) is 38.3 Å². The second kappa shape index (κ2) is 6.35. The average molecular weight is 303 g/mol. The van der Waals surface area contributed by atoms with Crippen molar-refractivity contribution in [2.75, 3.05) is 13.2 Å². The zero-order valence-corrected chi connectivity index (χ0v) is 12.8. The van der Waals surface area contributed by atoms with E-state index in [2.05, 4.69) is 15.2 Å². The van der Waals surface area contributed by atoms with Crippen LogP contribution in [0.25, 0.3) is 0 Å². The van der Waals surface area contributed by atoms with Crippen molar-refractivity contribution < 1.29 is 18.7 Å². The summed E-state index contributed by atoms with van der Waals surface area (Å²) >= 11 is 0. The molecule has 0 aromatic carbocycles. The Morgan fingerprint density at radius 2 is 2.20 bits per heavy atom. The minimum Gasteiger partial charge on any atom is -0.382 e. The normalized spacial score (nSPS) is 27.6. The predicted molar refractivity (Wildman–Crippen MR) is 73.4 cm³/mol. The highest BCUT2D eigenvalue weighted by Crippen LogP contribution is 2.59. The third kappa shape index (κ3) is 3.11. The van der Waals surface area contributed by atoms with Crippen LogP contribution in [0, 0.1) is 0 Å². The van der Waals surface area contributed by atoms with Gasteiger partial charge in [0.25, 0.3) is 0 Å². The van der Waals surface area contributed by atoms with Crippen molar-refractivity contribution in [3.63, 3.8) is 0 Å². The van der Waals surface area contributed by atoms with Crippen LogP contribution in [0.2, 0.25) is 0 Å². The van der Waals surface area contributed by atoms with Gasteiger partial charge in [0.1, 0.15) is 11.9 Å². The van der Waals surface area contributed by atoms with Gasteiger partial charge < -0.3 is 14.2 Å². The minimum absolute atomic E-state index is 0.305. The van der Waals surface area contributed by atoms with E-state index in [1.54, 1.807) is 13.8 Å². The molecule has 0 spiro atoms. The molecule has 0 saturated heterocycles. The van der Waals surface area contributed by atoms with Crippen molar-refractivity contribution in [1.82, 2.24) is 15.2 Å². The number of hydrogen-bond donors (Lipinski definition) is 2. The van der Waals surface area contributed by atoms with Gasteiger partial charge in [-0.2, -0.15) is 5.10 Å². The Hall–Kier alpha value is -0.750. The van der Waals surface area contributed by atoms with Crippen molar-refractivity contribution in [2.24, 2.45) is 0 Å². The molecule has 0 aliphatic heterocycles. The number of H-pyrrole nitrogens is 1. The van der Waals surface area contributed by atoms with Gasteiger partial charge in [0, 0.05) is 0 Å². The fraction of sp³-hybridized carbons (Fsp3) is 0.833. The second-order valence-electron chi connectivity index (χ2n) is 4.99. The fourth-order valence-corrected chi connectivity index (χ4v) is 4.99. The highest BCUT2D eigenvalue weighted by molar-refractivity contribution is 7.54. The molecule has 2 atom stereocenters. The number of nitrogens with one attached hydrogen (secondary N) is 1. The molecular weight excluding hydrogens is 281 g/mol. The maximum Gasteiger partial charge on any atom is 0.333 e. The first kappa shape index (κ1) is 15.6. The summed E-state index contributed by atoms with van der Waals surface area (Å²) in [5.74, 6) is 0.418. The van der Waals surface area contributed by atoms with Crippen molar-refractivity contribution in [3.8, 4) is 0 Å². The van der Waals surface area contributed by atoms with Gasteiger partial charge in [0.2, 0.25) is 0 Å². The van der Waals surface area contributed by atoms with Crippen LogP contribution >= 0.6 is 7.60 Å². The zero-order valence-electron chi connectivity index (χ0n) is 11.9.